The van der Waals surface area contributed by atoms with Gasteiger partial charge in [-0.05, 0) is 42.5 Å². The number of carbonyl (C=O) groups excluding carboxylic acids is 1. The topological polar surface area (TPSA) is 32.3 Å². The zero-order valence-corrected chi connectivity index (χ0v) is 12.2. The lowest BCUT2D eigenvalue weighted by molar-refractivity contribution is -0.121. The minimum absolute atomic E-state index is 0.139. The van der Waals surface area contributed by atoms with Gasteiger partial charge in [-0.15, -0.1) is 0 Å². The summed E-state index contributed by atoms with van der Waals surface area (Å²) < 4.78 is 12.9. The molecule has 1 aliphatic rings. The molecular formula is C16H23FN2O. The molecule has 3 nitrogen and oxygen atoms in total. The number of halogens is 1. The van der Waals surface area contributed by atoms with Gasteiger partial charge in [0.1, 0.15) is 5.82 Å². The van der Waals surface area contributed by atoms with E-state index in [-0.39, 0.29) is 11.7 Å². The summed E-state index contributed by atoms with van der Waals surface area (Å²) in [6, 6.07) is 6.62. The highest BCUT2D eigenvalue weighted by molar-refractivity contribution is 5.76. The van der Waals surface area contributed by atoms with Crippen LogP contribution in [0.3, 0.4) is 0 Å². The molecule has 0 bridgehead atoms. The summed E-state index contributed by atoms with van der Waals surface area (Å²) in [7, 11) is 0. The first-order valence-electron chi connectivity index (χ1n) is 7.32. The zero-order valence-electron chi connectivity index (χ0n) is 12.2. The van der Waals surface area contributed by atoms with E-state index in [1.165, 1.54) is 12.1 Å². The van der Waals surface area contributed by atoms with E-state index >= 15 is 0 Å². The van der Waals surface area contributed by atoms with Crippen molar-refractivity contribution < 1.29 is 9.18 Å². The van der Waals surface area contributed by atoms with Gasteiger partial charge in [0.05, 0.1) is 0 Å². The van der Waals surface area contributed by atoms with Gasteiger partial charge in [0.15, 0.2) is 0 Å². The third kappa shape index (κ3) is 4.22. The van der Waals surface area contributed by atoms with Gasteiger partial charge in [-0.1, -0.05) is 13.8 Å². The monoisotopic (exact) mass is 278 g/mol. The average molecular weight is 278 g/mol. The van der Waals surface area contributed by atoms with Crippen LogP contribution in [-0.2, 0) is 4.79 Å². The van der Waals surface area contributed by atoms with Crippen LogP contribution >= 0.6 is 0 Å². The summed E-state index contributed by atoms with van der Waals surface area (Å²) in [5, 5.41) is 3.01. The number of amides is 1. The molecule has 0 aliphatic carbocycles. The Bertz CT molecular complexity index is 444. The smallest absolute Gasteiger partial charge is 0.220 e. The second-order valence-electron chi connectivity index (χ2n) is 5.98. The van der Waals surface area contributed by atoms with Gasteiger partial charge in [0.2, 0.25) is 5.91 Å². The summed E-state index contributed by atoms with van der Waals surface area (Å²) in [6.07, 6.45) is 1.66. The fourth-order valence-electron chi connectivity index (χ4n) is 2.59. The molecule has 0 aromatic heterocycles. The highest BCUT2D eigenvalue weighted by Crippen LogP contribution is 2.23. The quantitative estimate of drug-likeness (QED) is 0.898. The predicted molar refractivity (Wildman–Crippen MR) is 79.2 cm³/mol. The van der Waals surface area contributed by atoms with Crippen LogP contribution in [0.25, 0.3) is 0 Å². The van der Waals surface area contributed by atoms with Crippen molar-refractivity contribution in [1.29, 1.82) is 0 Å². The Hall–Kier alpha value is -1.58. The Balaban J connectivity index is 1.78. The first-order valence-corrected chi connectivity index (χ1v) is 7.32. The number of rotatable bonds is 5. The SMILES string of the molecule is CC(C)CC(=O)NCC1CCN(c2ccc(F)cc2)C1. The van der Waals surface area contributed by atoms with Crippen LogP contribution in [-0.4, -0.2) is 25.5 Å². The first kappa shape index (κ1) is 14.8. The van der Waals surface area contributed by atoms with Gasteiger partial charge in [-0.2, -0.15) is 0 Å². The lowest BCUT2D eigenvalue weighted by Crippen LogP contribution is -2.31. The third-order valence-electron chi connectivity index (χ3n) is 3.66. The fourth-order valence-corrected chi connectivity index (χ4v) is 2.59. The Labute approximate surface area is 120 Å². The predicted octanol–water partition coefficient (Wildman–Crippen LogP) is 2.81. The molecule has 1 aliphatic heterocycles. The van der Waals surface area contributed by atoms with E-state index in [0.717, 1.165) is 31.7 Å². The highest BCUT2D eigenvalue weighted by Gasteiger charge is 2.23. The highest BCUT2D eigenvalue weighted by atomic mass is 19.1. The lowest BCUT2D eigenvalue weighted by Gasteiger charge is -2.19. The molecule has 1 atom stereocenters. The molecule has 1 fully saturated rings. The Morgan fingerprint density at radius 2 is 2.10 bits per heavy atom. The minimum Gasteiger partial charge on any atom is -0.371 e. The van der Waals surface area contributed by atoms with Crippen molar-refractivity contribution in [1.82, 2.24) is 5.32 Å². The van der Waals surface area contributed by atoms with Crippen LogP contribution in [0.2, 0.25) is 0 Å². The van der Waals surface area contributed by atoms with E-state index in [1.807, 2.05) is 26.0 Å². The average Bonchev–Trinajstić information content (AvgIpc) is 2.85. The van der Waals surface area contributed by atoms with Crippen LogP contribution in [0.5, 0.6) is 0 Å². The molecule has 0 spiro atoms. The van der Waals surface area contributed by atoms with E-state index < -0.39 is 0 Å². The van der Waals surface area contributed by atoms with Crippen molar-refractivity contribution in [2.75, 3.05) is 24.5 Å². The van der Waals surface area contributed by atoms with Crippen molar-refractivity contribution >= 4 is 11.6 Å². The van der Waals surface area contributed by atoms with Crippen molar-refractivity contribution in [2.24, 2.45) is 11.8 Å². The standard InChI is InChI=1S/C16H23FN2O/c1-12(2)9-16(20)18-10-13-7-8-19(11-13)15-5-3-14(17)4-6-15/h3-6,12-13H,7-11H2,1-2H3,(H,18,20). The summed E-state index contributed by atoms with van der Waals surface area (Å²) in [5.41, 5.74) is 1.06. The molecule has 1 aromatic rings. The molecule has 1 saturated heterocycles. The summed E-state index contributed by atoms with van der Waals surface area (Å²) >= 11 is 0. The number of carbonyl (C=O) groups is 1. The second-order valence-corrected chi connectivity index (χ2v) is 5.98. The van der Waals surface area contributed by atoms with Crippen molar-refractivity contribution in [2.45, 2.75) is 26.7 Å². The van der Waals surface area contributed by atoms with E-state index in [1.54, 1.807) is 0 Å². The van der Waals surface area contributed by atoms with Gasteiger partial charge in [-0.25, -0.2) is 4.39 Å². The van der Waals surface area contributed by atoms with E-state index in [9.17, 15) is 9.18 Å². The molecule has 4 heteroatoms. The molecule has 20 heavy (non-hydrogen) atoms. The number of hydrogen-bond donors (Lipinski definition) is 1. The number of benzene rings is 1. The molecule has 1 amide bonds. The van der Waals surface area contributed by atoms with E-state index in [2.05, 4.69) is 10.2 Å². The fraction of sp³-hybridized carbons (Fsp3) is 0.562. The van der Waals surface area contributed by atoms with Crippen LogP contribution in [0.15, 0.2) is 24.3 Å². The van der Waals surface area contributed by atoms with Crippen LogP contribution < -0.4 is 10.2 Å². The molecule has 1 aromatic carbocycles. The maximum atomic E-state index is 12.9. The van der Waals surface area contributed by atoms with Gasteiger partial charge in [0, 0.05) is 31.7 Å². The number of nitrogens with zero attached hydrogens (tertiary/aromatic N) is 1. The Kier molecular flexibility index (Phi) is 4.99. The van der Waals surface area contributed by atoms with Crippen LogP contribution in [0.1, 0.15) is 26.7 Å². The molecule has 0 radical (unpaired) electrons. The summed E-state index contributed by atoms with van der Waals surface area (Å²) in [4.78, 5) is 13.9. The molecule has 1 N–H and O–H groups in total. The number of anilines is 1. The normalized spacial score (nSPS) is 18.6. The summed E-state index contributed by atoms with van der Waals surface area (Å²) in [5.74, 6) is 0.816. The number of nitrogens with one attached hydrogen (secondary N) is 1. The molecule has 2 rings (SSSR count). The molecule has 1 unspecified atom stereocenters. The lowest BCUT2D eigenvalue weighted by atomic mass is 10.1. The Morgan fingerprint density at radius 3 is 2.75 bits per heavy atom. The van der Waals surface area contributed by atoms with Gasteiger partial charge in [0.25, 0.3) is 0 Å². The first-order chi connectivity index (χ1) is 9.54. The van der Waals surface area contributed by atoms with Crippen molar-refractivity contribution in [3.8, 4) is 0 Å². The molecule has 0 saturated carbocycles. The van der Waals surface area contributed by atoms with Crippen LogP contribution in [0, 0.1) is 17.7 Å². The number of hydrogen-bond acceptors (Lipinski definition) is 2. The second kappa shape index (κ2) is 6.73. The van der Waals surface area contributed by atoms with Crippen molar-refractivity contribution in [3.63, 3.8) is 0 Å². The van der Waals surface area contributed by atoms with Gasteiger partial charge < -0.3 is 10.2 Å². The summed E-state index contributed by atoms with van der Waals surface area (Å²) in [6.45, 7) is 6.73. The molecule has 110 valence electrons. The van der Waals surface area contributed by atoms with Crippen molar-refractivity contribution in [3.05, 3.63) is 30.1 Å². The maximum Gasteiger partial charge on any atom is 0.220 e. The largest absolute Gasteiger partial charge is 0.371 e. The zero-order chi connectivity index (χ0) is 14.5. The van der Waals surface area contributed by atoms with E-state index in [4.69, 9.17) is 0 Å². The Morgan fingerprint density at radius 1 is 1.40 bits per heavy atom. The van der Waals surface area contributed by atoms with Gasteiger partial charge >= 0.3 is 0 Å². The van der Waals surface area contributed by atoms with Crippen LogP contribution in [0.4, 0.5) is 10.1 Å². The van der Waals surface area contributed by atoms with E-state index in [0.29, 0.717) is 18.3 Å². The van der Waals surface area contributed by atoms with Gasteiger partial charge in [-0.3, -0.25) is 4.79 Å². The molecular weight excluding hydrogens is 255 g/mol. The molecule has 1 heterocycles. The maximum absolute atomic E-state index is 12.9. The minimum atomic E-state index is -0.203. The third-order valence-corrected chi connectivity index (χ3v) is 3.66.